The Bertz CT molecular complexity index is 1250. The van der Waals surface area contributed by atoms with Gasteiger partial charge in [-0.1, -0.05) is 139 Å². The maximum atomic E-state index is 12.6. The number of esters is 2. The standard InChI is InChI=1S/C46H80NO11P/c1-3-5-6-7-8-9-10-11-12-13-14-19-22-25-28-31-34-37-45(50)58-42(39-56-59(53,54)57-40-43(47)46(51)52)38-55-44(49)36-33-30-27-24-21-18-16-15-17-20-23-26-29-32-35-41(48)4-2/h11-12,16-18,20,24,26-27,29,41-43,48H,3-10,13-15,19,21-23,25,28,30-40,47H2,1-2H3,(H,51,52)(H,53,54)/b12-11-,18-16-,20-17-,27-24-,29-26-/t41-,42+,43-/m0/s1. The van der Waals surface area contributed by atoms with Crippen molar-refractivity contribution in [3.63, 3.8) is 0 Å². The molecule has 0 aromatic carbocycles. The van der Waals surface area contributed by atoms with E-state index in [9.17, 15) is 28.9 Å². The second kappa shape index (κ2) is 40.5. The molecular weight excluding hydrogens is 773 g/mol. The maximum Gasteiger partial charge on any atom is 0.472 e. The number of aliphatic hydroxyl groups excluding tert-OH is 1. The van der Waals surface area contributed by atoms with Crippen LogP contribution in [0.5, 0.6) is 0 Å². The van der Waals surface area contributed by atoms with Crippen LogP contribution in [0.25, 0.3) is 0 Å². The van der Waals surface area contributed by atoms with E-state index in [1.165, 1.54) is 57.8 Å². The summed E-state index contributed by atoms with van der Waals surface area (Å²) in [5.74, 6) is -2.48. The molecule has 5 N–H and O–H groups in total. The third-order valence-electron chi connectivity index (χ3n) is 9.40. The van der Waals surface area contributed by atoms with Crippen molar-refractivity contribution in [1.82, 2.24) is 0 Å². The number of carbonyl (C=O) groups excluding carboxylic acids is 2. The van der Waals surface area contributed by atoms with Crippen LogP contribution in [0.1, 0.15) is 174 Å². The van der Waals surface area contributed by atoms with Gasteiger partial charge in [-0.3, -0.25) is 23.4 Å². The van der Waals surface area contributed by atoms with E-state index in [1.54, 1.807) is 0 Å². The monoisotopic (exact) mass is 854 g/mol. The van der Waals surface area contributed by atoms with E-state index in [0.29, 0.717) is 19.3 Å². The first kappa shape index (κ1) is 56.1. The summed E-state index contributed by atoms with van der Waals surface area (Å²) in [6.45, 7) is 2.45. The van der Waals surface area contributed by atoms with Gasteiger partial charge in [-0.05, 0) is 83.5 Å². The van der Waals surface area contributed by atoms with Gasteiger partial charge in [0.2, 0.25) is 0 Å². The Labute approximate surface area is 356 Å². The van der Waals surface area contributed by atoms with Crippen LogP contribution in [-0.4, -0.2) is 71.1 Å². The Hall–Kier alpha value is -2.86. The number of aliphatic carboxylic acids is 1. The summed E-state index contributed by atoms with van der Waals surface area (Å²) >= 11 is 0. The van der Waals surface area contributed by atoms with E-state index in [2.05, 4.69) is 60.1 Å². The lowest BCUT2D eigenvalue weighted by Gasteiger charge is -2.20. The summed E-state index contributed by atoms with van der Waals surface area (Å²) < 4.78 is 32.6. The van der Waals surface area contributed by atoms with Crippen LogP contribution < -0.4 is 5.73 Å². The minimum Gasteiger partial charge on any atom is -0.480 e. The van der Waals surface area contributed by atoms with Gasteiger partial charge in [0.15, 0.2) is 6.10 Å². The molecule has 1 unspecified atom stereocenters. The van der Waals surface area contributed by atoms with Crippen LogP contribution in [0.3, 0.4) is 0 Å². The Balaban J connectivity index is 4.46. The largest absolute Gasteiger partial charge is 0.480 e. The van der Waals surface area contributed by atoms with Crippen LogP contribution >= 0.6 is 7.82 Å². The van der Waals surface area contributed by atoms with Crippen molar-refractivity contribution in [2.24, 2.45) is 5.73 Å². The minimum atomic E-state index is -4.74. The molecule has 0 fully saturated rings. The van der Waals surface area contributed by atoms with Gasteiger partial charge in [0.05, 0.1) is 19.3 Å². The molecule has 59 heavy (non-hydrogen) atoms. The lowest BCUT2D eigenvalue weighted by molar-refractivity contribution is -0.161. The SMILES string of the molecule is CCCCCCCC/C=C\CCCCCCCCCC(=O)O[C@H](COC(=O)CCC/C=C\C/C=C\C/C=C\C/C=C\CC[C@@H](O)CC)COP(=O)(O)OC[C@H](N)C(=O)O. The Morgan fingerprint density at radius 3 is 1.61 bits per heavy atom. The van der Waals surface area contributed by atoms with E-state index in [4.69, 9.17) is 24.8 Å². The average molecular weight is 854 g/mol. The number of phosphoric ester groups is 1. The Morgan fingerprint density at radius 2 is 1.05 bits per heavy atom. The predicted molar refractivity (Wildman–Crippen MR) is 237 cm³/mol. The van der Waals surface area contributed by atoms with Crippen LogP contribution in [0, 0.1) is 0 Å². The highest BCUT2D eigenvalue weighted by Gasteiger charge is 2.28. The molecule has 0 rings (SSSR count). The van der Waals surface area contributed by atoms with Gasteiger partial charge in [0, 0.05) is 12.8 Å². The molecule has 0 heterocycles. The quantitative estimate of drug-likeness (QED) is 0.0197. The fourth-order valence-electron chi connectivity index (χ4n) is 5.68. The normalized spacial score (nSPS) is 14.8. The van der Waals surface area contributed by atoms with Crippen molar-refractivity contribution in [2.75, 3.05) is 19.8 Å². The molecular formula is C46H80NO11P. The fraction of sp³-hybridized carbons (Fsp3) is 0.717. The predicted octanol–water partition coefficient (Wildman–Crippen LogP) is 10.9. The van der Waals surface area contributed by atoms with Gasteiger partial charge < -0.3 is 30.3 Å². The van der Waals surface area contributed by atoms with Gasteiger partial charge >= 0.3 is 25.7 Å². The van der Waals surface area contributed by atoms with E-state index in [-0.39, 0.29) is 25.6 Å². The lowest BCUT2D eigenvalue weighted by Crippen LogP contribution is -2.34. The molecule has 0 bridgehead atoms. The molecule has 12 nitrogen and oxygen atoms in total. The summed E-state index contributed by atoms with van der Waals surface area (Å²) in [5, 5.41) is 18.4. The number of aliphatic hydroxyl groups is 1. The molecule has 4 atom stereocenters. The third kappa shape index (κ3) is 40.3. The number of carbonyl (C=O) groups is 3. The smallest absolute Gasteiger partial charge is 0.472 e. The molecule has 0 radical (unpaired) electrons. The number of unbranched alkanes of at least 4 members (excludes halogenated alkanes) is 14. The minimum absolute atomic E-state index is 0.130. The first-order chi connectivity index (χ1) is 28.5. The highest BCUT2D eigenvalue weighted by molar-refractivity contribution is 7.47. The zero-order chi connectivity index (χ0) is 43.7. The number of carboxylic acid groups (broad SMARTS) is 1. The highest BCUT2D eigenvalue weighted by atomic mass is 31.2. The number of carboxylic acids is 1. The topological polar surface area (TPSA) is 192 Å². The zero-order valence-electron chi connectivity index (χ0n) is 36.4. The third-order valence-corrected chi connectivity index (χ3v) is 10.4. The zero-order valence-corrected chi connectivity index (χ0v) is 37.3. The highest BCUT2D eigenvalue weighted by Crippen LogP contribution is 2.43. The second-order valence-electron chi connectivity index (χ2n) is 15.0. The molecule has 13 heteroatoms. The lowest BCUT2D eigenvalue weighted by atomic mass is 10.1. The number of rotatable bonds is 41. The fourth-order valence-corrected chi connectivity index (χ4v) is 6.46. The number of phosphoric acid groups is 1. The summed E-state index contributed by atoms with van der Waals surface area (Å²) in [6.07, 6.45) is 43.7. The number of hydrogen-bond acceptors (Lipinski definition) is 10. The van der Waals surface area contributed by atoms with Crippen molar-refractivity contribution in [1.29, 1.82) is 0 Å². The van der Waals surface area contributed by atoms with Gasteiger partial charge in [-0.15, -0.1) is 0 Å². The molecule has 0 spiro atoms. The molecule has 0 aromatic heterocycles. The van der Waals surface area contributed by atoms with E-state index in [1.807, 2.05) is 19.1 Å². The van der Waals surface area contributed by atoms with Gasteiger partial charge in [-0.25, -0.2) is 4.57 Å². The summed E-state index contributed by atoms with van der Waals surface area (Å²) in [7, 11) is -4.74. The van der Waals surface area contributed by atoms with Crippen LogP contribution in [0.4, 0.5) is 0 Å². The molecule has 0 aliphatic heterocycles. The van der Waals surface area contributed by atoms with Crippen LogP contribution in [0.15, 0.2) is 60.8 Å². The van der Waals surface area contributed by atoms with Crippen molar-refractivity contribution in [2.45, 2.75) is 193 Å². The number of allylic oxidation sites excluding steroid dienone is 10. The number of nitrogens with two attached hydrogens (primary N) is 1. The molecule has 0 aliphatic rings. The first-order valence-corrected chi connectivity index (χ1v) is 23.9. The van der Waals surface area contributed by atoms with E-state index >= 15 is 0 Å². The average Bonchev–Trinajstić information content (AvgIpc) is 3.21. The van der Waals surface area contributed by atoms with Crippen LogP contribution in [-0.2, 0) is 37.5 Å². The molecule has 0 amide bonds. The maximum absolute atomic E-state index is 12.6. The molecule has 340 valence electrons. The first-order valence-electron chi connectivity index (χ1n) is 22.4. The van der Waals surface area contributed by atoms with Crippen molar-refractivity contribution >= 4 is 25.7 Å². The number of hydrogen-bond donors (Lipinski definition) is 4. The van der Waals surface area contributed by atoms with E-state index < -0.39 is 51.1 Å². The van der Waals surface area contributed by atoms with E-state index in [0.717, 1.165) is 70.6 Å². The van der Waals surface area contributed by atoms with Gasteiger partial charge in [0.1, 0.15) is 12.6 Å². The Morgan fingerprint density at radius 1 is 0.593 bits per heavy atom. The Kier molecular flexibility index (Phi) is 38.6. The summed E-state index contributed by atoms with van der Waals surface area (Å²) in [6, 6.07) is -1.54. The second-order valence-corrected chi connectivity index (χ2v) is 16.4. The molecule has 0 saturated carbocycles. The van der Waals surface area contributed by atoms with Gasteiger partial charge in [-0.2, -0.15) is 0 Å². The summed E-state index contributed by atoms with van der Waals surface area (Å²) in [4.78, 5) is 46.0. The van der Waals surface area contributed by atoms with Crippen molar-refractivity contribution < 1.29 is 52.6 Å². The van der Waals surface area contributed by atoms with Crippen molar-refractivity contribution in [3.05, 3.63) is 60.8 Å². The summed E-state index contributed by atoms with van der Waals surface area (Å²) in [5.41, 5.74) is 5.33. The number of ether oxygens (including phenoxy) is 2. The van der Waals surface area contributed by atoms with Crippen LogP contribution in [0.2, 0.25) is 0 Å². The molecule has 0 aromatic rings. The molecule has 0 saturated heterocycles. The molecule has 0 aliphatic carbocycles. The van der Waals surface area contributed by atoms with Crippen molar-refractivity contribution in [3.8, 4) is 0 Å². The van der Waals surface area contributed by atoms with Gasteiger partial charge in [0.25, 0.3) is 0 Å².